The van der Waals surface area contributed by atoms with E-state index in [0.29, 0.717) is 0 Å². The van der Waals surface area contributed by atoms with E-state index in [2.05, 4.69) is 220 Å². The summed E-state index contributed by atoms with van der Waals surface area (Å²) < 4.78 is 5.23. The Morgan fingerprint density at radius 1 is 0.406 bits per heavy atom. The van der Waals surface area contributed by atoms with Crippen LogP contribution in [0.3, 0.4) is 0 Å². The van der Waals surface area contributed by atoms with Gasteiger partial charge in [0.15, 0.2) is 0 Å². The van der Waals surface area contributed by atoms with Gasteiger partial charge < -0.3 is 4.57 Å². The van der Waals surface area contributed by atoms with Crippen LogP contribution in [0.2, 0.25) is 0 Å². The predicted octanol–water partition coefficient (Wildman–Crippen LogP) is 17.0. The second-order valence-corrected chi connectivity index (χ2v) is 20.3. The molecule has 3 aliphatic rings. The van der Waals surface area contributed by atoms with E-state index >= 15 is 0 Å². The summed E-state index contributed by atoms with van der Waals surface area (Å²) in [4.78, 5) is 0. The molecular formula is C62H43NS. The van der Waals surface area contributed by atoms with Crippen molar-refractivity contribution in [1.82, 2.24) is 4.57 Å². The van der Waals surface area contributed by atoms with Crippen molar-refractivity contribution in [1.29, 1.82) is 0 Å². The fourth-order valence-corrected chi connectivity index (χ4v) is 13.2. The summed E-state index contributed by atoms with van der Waals surface area (Å²) in [7, 11) is 0. The lowest BCUT2D eigenvalue weighted by Gasteiger charge is -2.23. The fourth-order valence-electron chi connectivity index (χ4n) is 12.1. The number of aromatic nitrogens is 1. The molecule has 3 aliphatic carbocycles. The van der Waals surface area contributed by atoms with Crippen LogP contribution in [0.5, 0.6) is 0 Å². The van der Waals surface area contributed by atoms with Gasteiger partial charge in [-0.05, 0) is 138 Å². The van der Waals surface area contributed by atoms with Crippen LogP contribution >= 0.6 is 11.3 Å². The number of hydrogen-bond donors (Lipinski definition) is 0. The van der Waals surface area contributed by atoms with Gasteiger partial charge in [-0.3, -0.25) is 0 Å². The zero-order valence-electron chi connectivity index (χ0n) is 36.3. The Labute approximate surface area is 377 Å². The van der Waals surface area contributed by atoms with E-state index in [-0.39, 0.29) is 10.8 Å². The number of hydrogen-bond acceptors (Lipinski definition) is 1. The Kier molecular flexibility index (Phi) is 7.18. The molecule has 0 bridgehead atoms. The van der Waals surface area contributed by atoms with Crippen LogP contribution in [-0.2, 0) is 10.8 Å². The number of thiophene rings is 1. The van der Waals surface area contributed by atoms with E-state index in [9.17, 15) is 0 Å². The summed E-state index contributed by atoms with van der Waals surface area (Å²) in [5, 5.41) is 5.32. The molecule has 2 heterocycles. The molecule has 14 rings (SSSR count). The van der Waals surface area contributed by atoms with Gasteiger partial charge >= 0.3 is 0 Å². The first-order chi connectivity index (χ1) is 31.2. The Morgan fingerprint density at radius 2 is 1.03 bits per heavy atom. The van der Waals surface area contributed by atoms with Gasteiger partial charge in [-0.1, -0.05) is 167 Å². The lowest BCUT2D eigenvalue weighted by atomic mass is 9.80. The average Bonchev–Trinajstić information content (AvgIpc) is 4.07. The van der Waals surface area contributed by atoms with E-state index in [1.165, 1.54) is 137 Å². The monoisotopic (exact) mass is 833 g/mol. The Morgan fingerprint density at radius 3 is 1.92 bits per heavy atom. The average molecular weight is 834 g/mol. The van der Waals surface area contributed by atoms with Gasteiger partial charge in [0.2, 0.25) is 0 Å². The topological polar surface area (TPSA) is 4.93 Å². The van der Waals surface area contributed by atoms with Gasteiger partial charge in [0.1, 0.15) is 0 Å². The molecule has 0 N–H and O–H groups in total. The molecule has 2 heteroatoms. The van der Waals surface area contributed by atoms with Crippen LogP contribution in [0.15, 0.2) is 182 Å². The first-order valence-corrected chi connectivity index (χ1v) is 23.4. The Bertz CT molecular complexity index is 3900. The second-order valence-electron chi connectivity index (χ2n) is 19.2. The molecule has 302 valence electrons. The predicted molar refractivity (Wildman–Crippen MR) is 273 cm³/mol. The quantitative estimate of drug-likeness (QED) is 0.167. The first kappa shape index (κ1) is 36.2. The number of rotatable bonds is 3. The highest BCUT2D eigenvalue weighted by atomic mass is 32.1. The van der Waals surface area contributed by atoms with Crippen LogP contribution in [-0.4, -0.2) is 4.57 Å². The zero-order valence-corrected chi connectivity index (χ0v) is 37.1. The maximum Gasteiger partial charge on any atom is 0.0547 e. The standard InChI is InChI=1S/C62H43NS/c1-61(2)52-18-10-7-15-43(52)44-25-21-36(32-53(44)61)31-50-41-14-6-5-13-40(41)42-26-22-37(33-51(42)50)38-23-27-47-46-16-8-11-19-55(46)63(56(47)34-38)39-24-28-45-48-29-30-58-59(49-17-9-12-20-57(49)64-58)60(48)62(3,4)54(45)35-39/h5-35H,1-4H3. The molecule has 9 aromatic carbocycles. The number of nitrogens with zero attached hydrogens (tertiary/aromatic N) is 1. The molecule has 0 unspecified atom stereocenters. The molecule has 11 aromatic rings. The molecule has 0 saturated heterocycles. The Hall–Kier alpha value is -7.26. The van der Waals surface area contributed by atoms with Crippen LogP contribution in [0.4, 0.5) is 0 Å². The summed E-state index contributed by atoms with van der Waals surface area (Å²) in [6.45, 7) is 9.59. The largest absolute Gasteiger partial charge is 0.309 e. The summed E-state index contributed by atoms with van der Waals surface area (Å²) >= 11 is 1.91. The normalized spacial score (nSPS) is 15.5. The smallest absolute Gasteiger partial charge is 0.0547 e. The van der Waals surface area contributed by atoms with Crippen LogP contribution in [0.25, 0.3) is 104 Å². The molecule has 0 amide bonds. The summed E-state index contributed by atoms with van der Waals surface area (Å²) in [6.07, 6.45) is 2.42. The maximum absolute atomic E-state index is 2.51. The van der Waals surface area contributed by atoms with Gasteiger partial charge in [-0.25, -0.2) is 0 Å². The minimum Gasteiger partial charge on any atom is -0.309 e. The third kappa shape index (κ3) is 4.79. The molecule has 0 aliphatic heterocycles. The fraction of sp³-hybridized carbons (Fsp3) is 0.0968. The van der Waals surface area contributed by atoms with Gasteiger partial charge in [0, 0.05) is 47.5 Å². The first-order valence-electron chi connectivity index (χ1n) is 22.6. The van der Waals surface area contributed by atoms with E-state index in [1.807, 2.05) is 11.3 Å². The minimum atomic E-state index is -0.165. The number of para-hydroxylation sites is 1. The minimum absolute atomic E-state index is 0.0482. The van der Waals surface area contributed by atoms with Crippen molar-refractivity contribution >= 4 is 65.0 Å². The maximum atomic E-state index is 2.51. The van der Waals surface area contributed by atoms with Crippen molar-refractivity contribution in [2.75, 3.05) is 0 Å². The van der Waals surface area contributed by atoms with Crippen molar-refractivity contribution in [3.05, 3.63) is 221 Å². The van der Waals surface area contributed by atoms with E-state index in [4.69, 9.17) is 0 Å². The van der Waals surface area contributed by atoms with Crippen molar-refractivity contribution in [2.24, 2.45) is 0 Å². The number of benzene rings is 9. The van der Waals surface area contributed by atoms with Crippen molar-refractivity contribution in [3.63, 3.8) is 0 Å². The van der Waals surface area contributed by atoms with Crippen molar-refractivity contribution < 1.29 is 0 Å². The van der Waals surface area contributed by atoms with Crippen LogP contribution in [0, 0.1) is 0 Å². The molecule has 0 fully saturated rings. The molecule has 1 nitrogen and oxygen atoms in total. The zero-order chi connectivity index (χ0) is 42.6. The highest BCUT2D eigenvalue weighted by Crippen LogP contribution is 2.55. The number of fused-ring (bicyclic) bond motifs is 16. The lowest BCUT2D eigenvalue weighted by molar-refractivity contribution is 0.660. The highest BCUT2D eigenvalue weighted by molar-refractivity contribution is 7.25. The molecule has 64 heavy (non-hydrogen) atoms. The van der Waals surface area contributed by atoms with Crippen LogP contribution < -0.4 is 0 Å². The SMILES string of the molecule is CC1(C)c2ccccc2-c2ccc(C=C3c4ccccc4-c4ccc(-c5ccc6c7ccccc7n(-c7ccc8c(c7)C(C)(C)c7c-8ccc8sc9ccccc9c78)c6c5)cc43)cc21. The van der Waals surface area contributed by atoms with Gasteiger partial charge in [-0.15, -0.1) is 11.3 Å². The van der Waals surface area contributed by atoms with Gasteiger partial charge in [-0.2, -0.15) is 0 Å². The highest BCUT2D eigenvalue weighted by Gasteiger charge is 2.39. The molecule has 0 spiro atoms. The van der Waals surface area contributed by atoms with E-state index < -0.39 is 0 Å². The van der Waals surface area contributed by atoms with Crippen LogP contribution in [0.1, 0.15) is 66.6 Å². The summed E-state index contributed by atoms with van der Waals surface area (Å²) in [5.41, 5.74) is 24.6. The van der Waals surface area contributed by atoms with E-state index in [1.54, 1.807) is 0 Å². The molecular weight excluding hydrogens is 791 g/mol. The lowest BCUT2D eigenvalue weighted by Crippen LogP contribution is -2.15. The van der Waals surface area contributed by atoms with Gasteiger partial charge in [0.05, 0.1) is 11.0 Å². The molecule has 0 atom stereocenters. The third-order valence-corrected chi connectivity index (χ3v) is 16.3. The second kappa shape index (κ2) is 12.7. The third-order valence-electron chi connectivity index (χ3n) is 15.1. The molecule has 0 saturated carbocycles. The summed E-state index contributed by atoms with van der Waals surface area (Å²) in [5.74, 6) is 0. The molecule has 0 radical (unpaired) electrons. The van der Waals surface area contributed by atoms with Crippen molar-refractivity contribution in [2.45, 2.75) is 38.5 Å². The van der Waals surface area contributed by atoms with Gasteiger partial charge in [0.25, 0.3) is 0 Å². The van der Waals surface area contributed by atoms with Crippen molar-refractivity contribution in [3.8, 4) is 50.2 Å². The van der Waals surface area contributed by atoms with E-state index in [0.717, 1.165) is 0 Å². The molecule has 2 aromatic heterocycles. The Balaban J connectivity index is 0.906. The summed E-state index contributed by atoms with van der Waals surface area (Å²) in [6, 6.07) is 68.9.